The van der Waals surface area contributed by atoms with Crippen molar-refractivity contribution in [1.29, 1.82) is 0 Å². The summed E-state index contributed by atoms with van der Waals surface area (Å²) in [6, 6.07) is 11.2. The summed E-state index contributed by atoms with van der Waals surface area (Å²) in [5.41, 5.74) is 11.5. The smallest absolute Gasteiger partial charge is 0.214 e. The molecule has 2 aromatic heterocycles. The van der Waals surface area contributed by atoms with Crippen molar-refractivity contribution >= 4 is 40.1 Å². The number of carbonyl (C=O) groups is 1. The van der Waals surface area contributed by atoms with E-state index < -0.39 is 12.5 Å². The van der Waals surface area contributed by atoms with Crippen LogP contribution in [0.3, 0.4) is 0 Å². The number of aryl methyl sites for hydroxylation is 2. The monoisotopic (exact) mass is 523 g/mol. The zero-order valence-corrected chi connectivity index (χ0v) is 21.5. The second kappa shape index (κ2) is 11.3. The number of ketones is 1. The van der Waals surface area contributed by atoms with Crippen LogP contribution in [0.4, 0.5) is 20.3 Å². The number of carbonyl (C=O) groups excluding carboxylic acids is 1. The van der Waals surface area contributed by atoms with Crippen LogP contribution in [0.2, 0.25) is 0 Å². The maximum absolute atomic E-state index is 13.3. The number of fused-ring (bicyclic) bond motifs is 1. The molecule has 4 rings (SSSR count). The fourth-order valence-electron chi connectivity index (χ4n) is 3.88. The number of ether oxygens (including phenoxy) is 1. The average molecular weight is 524 g/mol. The SMILES string of the molecule is CSNc1cc2[nH]c(C(=O)c3cnn(-c4ccc(OC/C=C\C=C(\F)CF)cc4C)c3N)cc2cc1C. The van der Waals surface area contributed by atoms with E-state index in [9.17, 15) is 13.6 Å². The van der Waals surface area contributed by atoms with Gasteiger partial charge in [0.05, 0.1) is 23.1 Å². The molecule has 10 heteroatoms. The number of nitrogens with two attached hydrogens (primary N) is 1. The zero-order valence-electron chi connectivity index (χ0n) is 20.6. The lowest BCUT2D eigenvalue weighted by Crippen LogP contribution is -2.08. The molecule has 0 aliphatic heterocycles. The van der Waals surface area contributed by atoms with E-state index in [4.69, 9.17) is 10.5 Å². The van der Waals surface area contributed by atoms with E-state index in [-0.39, 0.29) is 18.2 Å². The minimum Gasteiger partial charge on any atom is -0.490 e. The topological polar surface area (TPSA) is 98.0 Å². The fraction of sp³-hybridized carbons (Fsp3) is 0.185. The summed E-state index contributed by atoms with van der Waals surface area (Å²) < 4.78 is 35.3. The Morgan fingerprint density at radius 1 is 1.24 bits per heavy atom. The quantitative estimate of drug-likeness (QED) is 0.129. The Balaban J connectivity index is 1.53. The number of aromatic nitrogens is 3. The highest BCUT2D eigenvalue weighted by atomic mass is 32.2. The van der Waals surface area contributed by atoms with Crippen LogP contribution in [-0.2, 0) is 0 Å². The standard InChI is InChI=1S/C27H27F2N5O2S/c1-16-10-18-12-24(32-23(18)13-22(16)33-37-3)26(35)21-15-31-34(27(21)30)25-8-7-20(11-17(25)2)36-9-5-4-6-19(29)14-28/h4-8,10-13,15,32-33H,9,14,30H2,1-3H3/b5-4-,19-6+. The fourth-order valence-corrected chi connectivity index (χ4v) is 4.32. The molecule has 0 fully saturated rings. The van der Waals surface area contributed by atoms with Crippen LogP contribution in [0.25, 0.3) is 16.6 Å². The number of nitrogens with zero attached hydrogens (tertiary/aromatic N) is 2. The summed E-state index contributed by atoms with van der Waals surface area (Å²) in [5.74, 6) is -0.277. The summed E-state index contributed by atoms with van der Waals surface area (Å²) in [5, 5.41) is 5.29. The maximum Gasteiger partial charge on any atom is 0.214 e. The second-order valence-electron chi connectivity index (χ2n) is 8.36. The highest BCUT2D eigenvalue weighted by Crippen LogP contribution is 2.28. The number of hydrogen-bond acceptors (Lipinski definition) is 6. The summed E-state index contributed by atoms with van der Waals surface area (Å²) in [4.78, 5) is 16.5. The van der Waals surface area contributed by atoms with Crippen molar-refractivity contribution in [3.05, 3.63) is 89.0 Å². The van der Waals surface area contributed by atoms with Crippen molar-refractivity contribution in [2.24, 2.45) is 0 Å². The largest absolute Gasteiger partial charge is 0.490 e. The molecule has 7 nitrogen and oxygen atoms in total. The number of allylic oxidation sites excluding steroid dienone is 3. The predicted octanol–water partition coefficient (Wildman–Crippen LogP) is 6.23. The number of alkyl halides is 1. The molecule has 4 N–H and O–H groups in total. The second-order valence-corrected chi connectivity index (χ2v) is 8.97. The van der Waals surface area contributed by atoms with Crippen molar-refractivity contribution in [1.82, 2.24) is 14.8 Å². The molecule has 2 aromatic carbocycles. The molecular weight excluding hydrogens is 496 g/mol. The Kier molecular flexibility index (Phi) is 7.98. The van der Waals surface area contributed by atoms with Crippen molar-refractivity contribution in [3.63, 3.8) is 0 Å². The van der Waals surface area contributed by atoms with Crippen LogP contribution < -0.4 is 15.2 Å². The molecule has 0 unspecified atom stereocenters. The van der Waals surface area contributed by atoms with Crippen molar-refractivity contribution in [2.75, 3.05) is 30.0 Å². The normalized spacial score (nSPS) is 12.0. The number of halogens is 2. The molecule has 2 heterocycles. The number of benzene rings is 2. The van der Waals surface area contributed by atoms with Gasteiger partial charge in [0.25, 0.3) is 0 Å². The van der Waals surface area contributed by atoms with Crippen molar-refractivity contribution in [3.8, 4) is 11.4 Å². The Bertz CT molecular complexity index is 1510. The van der Waals surface area contributed by atoms with Crippen LogP contribution in [0.15, 0.2) is 66.6 Å². The Hall–Kier alpha value is -4.05. The molecule has 0 radical (unpaired) electrons. The van der Waals surface area contributed by atoms with Gasteiger partial charge in [0.1, 0.15) is 30.7 Å². The average Bonchev–Trinajstić information content (AvgIpc) is 3.46. The highest BCUT2D eigenvalue weighted by Gasteiger charge is 2.20. The first kappa shape index (κ1) is 26.0. The third kappa shape index (κ3) is 5.69. The molecule has 0 aliphatic carbocycles. The van der Waals surface area contributed by atoms with Crippen molar-refractivity contribution < 1.29 is 18.3 Å². The minimum atomic E-state index is -1.13. The van der Waals surface area contributed by atoms with Crippen LogP contribution in [0, 0.1) is 13.8 Å². The highest BCUT2D eigenvalue weighted by molar-refractivity contribution is 7.99. The maximum atomic E-state index is 13.3. The van der Waals surface area contributed by atoms with E-state index in [1.165, 1.54) is 28.9 Å². The van der Waals surface area contributed by atoms with Gasteiger partial charge in [-0.1, -0.05) is 18.0 Å². The molecule has 0 saturated heterocycles. The number of rotatable bonds is 10. The molecule has 0 saturated carbocycles. The predicted molar refractivity (Wildman–Crippen MR) is 146 cm³/mol. The molecule has 0 amide bonds. The van der Waals surface area contributed by atoms with E-state index in [1.807, 2.05) is 44.4 Å². The number of anilines is 2. The number of nitrogens with one attached hydrogen (secondary N) is 2. The summed E-state index contributed by atoms with van der Waals surface area (Å²) in [7, 11) is 0. The van der Waals surface area contributed by atoms with Gasteiger partial charge >= 0.3 is 0 Å². The number of hydrogen-bond donors (Lipinski definition) is 3. The lowest BCUT2D eigenvalue weighted by atomic mass is 10.1. The van der Waals surface area contributed by atoms with Crippen LogP contribution in [-0.4, -0.2) is 40.1 Å². The molecule has 0 aliphatic rings. The first-order chi connectivity index (χ1) is 17.8. The lowest BCUT2D eigenvalue weighted by molar-refractivity contribution is 0.103. The van der Waals surface area contributed by atoms with Crippen LogP contribution in [0.1, 0.15) is 27.2 Å². The van der Waals surface area contributed by atoms with Gasteiger partial charge in [0, 0.05) is 22.8 Å². The van der Waals surface area contributed by atoms with E-state index >= 15 is 0 Å². The van der Waals surface area contributed by atoms with Gasteiger partial charge in [0.2, 0.25) is 5.78 Å². The molecular formula is C27H27F2N5O2S. The summed E-state index contributed by atoms with van der Waals surface area (Å²) >= 11 is 1.50. The Labute approximate surface area is 217 Å². The first-order valence-electron chi connectivity index (χ1n) is 11.4. The first-order valence-corrected chi connectivity index (χ1v) is 12.7. The number of H-pyrrole nitrogens is 1. The van der Waals surface area contributed by atoms with E-state index in [0.717, 1.165) is 33.8 Å². The van der Waals surface area contributed by atoms with Crippen molar-refractivity contribution in [2.45, 2.75) is 13.8 Å². The van der Waals surface area contributed by atoms with Gasteiger partial charge in [0.15, 0.2) is 0 Å². The molecule has 0 spiro atoms. The van der Waals surface area contributed by atoms with E-state index in [2.05, 4.69) is 14.8 Å². The number of nitrogen functional groups attached to an aromatic ring is 1. The molecule has 0 bridgehead atoms. The Morgan fingerprint density at radius 3 is 2.78 bits per heavy atom. The third-order valence-electron chi connectivity index (χ3n) is 5.76. The van der Waals surface area contributed by atoms with Crippen LogP contribution >= 0.6 is 11.9 Å². The summed E-state index contributed by atoms with van der Waals surface area (Å²) in [6.45, 7) is 2.95. The van der Waals surface area contributed by atoms with Crippen LogP contribution in [0.5, 0.6) is 5.75 Å². The van der Waals surface area contributed by atoms with Gasteiger partial charge < -0.3 is 20.2 Å². The lowest BCUT2D eigenvalue weighted by Gasteiger charge is -2.11. The molecule has 192 valence electrons. The zero-order chi connectivity index (χ0) is 26.5. The van der Waals surface area contributed by atoms with E-state index in [0.29, 0.717) is 22.7 Å². The molecule has 37 heavy (non-hydrogen) atoms. The molecule has 4 aromatic rings. The Morgan fingerprint density at radius 2 is 2.05 bits per heavy atom. The van der Waals surface area contributed by atoms with Gasteiger partial charge in [-0.25, -0.2) is 13.5 Å². The third-order valence-corrected chi connectivity index (χ3v) is 6.18. The summed E-state index contributed by atoms with van der Waals surface area (Å²) in [6.07, 6.45) is 7.44. The number of aromatic amines is 1. The van der Waals surface area contributed by atoms with Gasteiger partial charge in [-0.15, -0.1) is 0 Å². The van der Waals surface area contributed by atoms with E-state index in [1.54, 1.807) is 18.2 Å². The minimum absolute atomic E-state index is 0.191. The molecule has 0 atom stereocenters. The van der Waals surface area contributed by atoms with Gasteiger partial charge in [-0.2, -0.15) is 5.10 Å². The van der Waals surface area contributed by atoms with Gasteiger partial charge in [-0.3, -0.25) is 4.79 Å². The van der Waals surface area contributed by atoms with Gasteiger partial charge in [-0.05, 0) is 73.5 Å².